The van der Waals surface area contributed by atoms with Crippen LogP contribution in [0.3, 0.4) is 0 Å². The van der Waals surface area contributed by atoms with E-state index in [0.717, 1.165) is 6.54 Å². The van der Waals surface area contributed by atoms with Gasteiger partial charge >= 0.3 is 0 Å². The van der Waals surface area contributed by atoms with E-state index in [1.807, 2.05) is 12.1 Å². The minimum atomic E-state index is 0.109. The Morgan fingerprint density at radius 1 is 1.12 bits per heavy atom. The summed E-state index contributed by atoms with van der Waals surface area (Å²) in [7, 11) is 0. The molecule has 0 saturated heterocycles. The summed E-state index contributed by atoms with van der Waals surface area (Å²) in [5.74, 6) is 0.109. The molecule has 1 aliphatic rings. The van der Waals surface area contributed by atoms with Gasteiger partial charge in [-0.2, -0.15) is 0 Å². The molecule has 0 aromatic heterocycles. The highest BCUT2D eigenvalue weighted by molar-refractivity contribution is 5.78. The van der Waals surface area contributed by atoms with Crippen LogP contribution < -0.4 is 5.32 Å². The molecule has 0 aliphatic heterocycles. The predicted octanol–water partition coefficient (Wildman–Crippen LogP) is 3.58. The highest BCUT2D eigenvalue weighted by Gasteiger charge is 2.30. The Hall–Kier alpha value is -2.13. The van der Waals surface area contributed by atoms with Gasteiger partial charge in [-0.25, -0.2) is 0 Å². The fraction of sp³-hybridized carbons (Fsp3) is 0.381. The molecule has 3 rings (SSSR count). The fourth-order valence-corrected chi connectivity index (χ4v) is 3.04. The predicted molar refractivity (Wildman–Crippen MR) is 97.6 cm³/mol. The van der Waals surface area contributed by atoms with E-state index in [1.54, 1.807) is 0 Å². The molecule has 0 unspecified atom stereocenters. The Balaban J connectivity index is 1.55. The fourth-order valence-electron chi connectivity index (χ4n) is 3.04. The quantitative estimate of drug-likeness (QED) is 0.845. The minimum absolute atomic E-state index is 0.109. The van der Waals surface area contributed by atoms with Crippen molar-refractivity contribution < 1.29 is 4.79 Å². The molecule has 24 heavy (non-hydrogen) atoms. The number of hydrogen-bond acceptors (Lipinski definition) is 2. The van der Waals surface area contributed by atoms with E-state index >= 15 is 0 Å². The topological polar surface area (TPSA) is 32.3 Å². The van der Waals surface area contributed by atoms with Gasteiger partial charge in [0.1, 0.15) is 0 Å². The molecule has 3 nitrogen and oxygen atoms in total. The number of aryl methyl sites for hydroxylation is 2. The summed E-state index contributed by atoms with van der Waals surface area (Å²) < 4.78 is 0. The summed E-state index contributed by atoms with van der Waals surface area (Å²) in [6, 6.07) is 17.3. The normalized spacial score (nSPS) is 14.0. The first kappa shape index (κ1) is 16.7. The average Bonchev–Trinajstić information content (AvgIpc) is 3.38. The van der Waals surface area contributed by atoms with Gasteiger partial charge in [0.05, 0.1) is 6.54 Å². The Kier molecular flexibility index (Phi) is 5.31. The summed E-state index contributed by atoms with van der Waals surface area (Å²) in [4.78, 5) is 14.7. The Morgan fingerprint density at radius 3 is 2.62 bits per heavy atom. The minimum Gasteiger partial charge on any atom is -0.351 e. The number of carbonyl (C=O) groups is 1. The number of benzene rings is 2. The van der Waals surface area contributed by atoms with Gasteiger partial charge in [0.2, 0.25) is 5.91 Å². The SMILES string of the molecule is Cc1cccc(CN(CC(=O)NCc2ccccc2C)C2CC2)c1. The molecular weight excluding hydrogens is 296 g/mol. The summed E-state index contributed by atoms with van der Waals surface area (Å²) in [6.45, 7) is 6.12. The first-order valence-corrected chi connectivity index (χ1v) is 8.72. The molecule has 1 saturated carbocycles. The molecule has 1 N–H and O–H groups in total. The van der Waals surface area contributed by atoms with E-state index in [-0.39, 0.29) is 5.91 Å². The third-order valence-corrected chi connectivity index (χ3v) is 4.62. The summed E-state index contributed by atoms with van der Waals surface area (Å²) in [5, 5.41) is 3.07. The van der Waals surface area contributed by atoms with Gasteiger partial charge in [0.15, 0.2) is 0 Å². The zero-order chi connectivity index (χ0) is 16.9. The molecule has 0 spiro atoms. The zero-order valence-corrected chi connectivity index (χ0v) is 14.6. The second-order valence-electron chi connectivity index (χ2n) is 6.83. The van der Waals surface area contributed by atoms with Gasteiger partial charge in [-0.15, -0.1) is 0 Å². The van der Waals surface area contributed by atoms with Crippen LogP contribution in [0.1, 0.15) is 35.1 Å². The molecule has 1 aliphatic carbocycles. The molecule has 3 heteroatoms. The molecule has 0 bridgehead atoms. The van der Waals surface area contributed by atoms with Crippen LogP contribution in [0.15, 0.2) is 48.5 Å². The second kappa shape index (κ2) is 7.63. The number of rotatable bonds is 7. The third kappa shape index (κ3) is 4.68. The van der Waals surface area contributed by atoms with Gasteiger partial charge < -0.3 is 5.32 Å². The van der Waals surface area contributed by atoms with Gasteiger partial charge in [-0.1, -0.05) is 54.1 Å². The second-order valence-corrected chi connectivity index (χ2v) is 6.83. The van der Waals surface area contributed by atoms with Crippen molar-refractivity contribution in [3.8, 4) is 0 Å². The first-order chi connectivity index (χ1) is 11.6. The number of nitrogens with zero attached hydrogens (tertiary/aromatic N) is 1. The molecule has 0 radical (unpaired) electrons. The molecule has 0 atom stereocenters. The number of amides is 1. The van der Waals surface area contributed by atoms with Crippen LogP contribution in [-0.2, 0) is 17.9 Å². The largest absolute Gasteiger partial charge is 0.351 e. The molecule has 126 valence electrons. The highest BCUT2D eigenvalue weighted by Crippen LogP contribution is 2.28. The van der Waals surface area contributed by atoms with E-state index < -0.39 is 0 Å². The molecule has 2 aromatic carbocycles. The van der Waals surface area contributed by atoms with E-state index in [4.69, 9.17) is 0 Å². The van der Waals surface area contributed by atoms with Crippen LogP contribution >= 0.6 is 0 Å². The maximum absolute atomic E-state index is 12.4. The van der Waals surface area contributed by atoms with E-state index in [2.05, 4.69) is 60.5 Å². The van der Waals surface area contributed by atoms with Crippen molar-refractivity contribution in [3.63, 3.8) is 0 Å². The maximum atomic E-state index is 12.4. The first-order valence-electron chi connectivity index (χ1n) is 8.72. The number of nitrogens with one attached hydrogen (secondary N) is 1. The van der Waals surface area contributed by atoms with E-state index in [9.17, 15) is 4.79 Å². The standard InChI is InChI=1S/C21H26N2O/c1-16-6-5-8-18(12-16)14-23(20-10-11-20)15-21(24)22-13-19-9-4-3-7-17(19)2/h3-9,12,20H,10-11,13-15H2,1-2H3,(H,22,24). The van der Waals surface area contributed by atoms with Crippen molar-refractivity contribution in [2.75, 3.05) is 6.54 Å². The lowest BCUT2D eigenvalue weighted by atomic mass is 10.1. The van der Waals surface area contributed by atoms with Crippen LogP contribution in [0.25, 0.3) is 0 Å². The number of carbonyl (C=O) groups excluding carboxylic acids is 1. The van der Waals surface area contributed by atoms with Gasteiger partial charge in [0, 0.05) is 19.1 Å². The smallest absolute Gasteiger partial charge is 0.234 e. The van der Waals surface area contributed by atoms with Crippen molar-refractivity contribution >= 4 is 5.91 Å². The summed E-state index contributed by atoms with van der Waals surface area (Å²) in [5.41, 5.74) is 4.96. The van der Waals surface area contributed by atoms with E-state index in [0.29, 0.717) is 19.1 Å². The van der Waals surface area contributed by atoms with Gasteiger partial charge in [-0.3, -0.25) is 9.69 Å². The Morgan fingerprint density at radius 2 is 1.92 bits per heavy atom. The zero-order valence-electron chi connectivity index (χ0n) is 14.6. The van der Waals surface area contributed by atoms with Gasteiger partial charge in [0.25, 0.3) is 0 Å². The molecule has 1 fully saturated rings. The Bertz CT molecular complexity index is 706. The molecular formula is C21H26N2O. The molecule has 2 aromatic rings. The van der Waals surface area contributed by atoms with Crippen molar-refractivity contribution in [1.82, 2.24) is 10.2 Å². The third-order valence-electron chi connectivity index (χ3n) is 4.62. The van der Waals surface area contributed by atoms with E-state index in [1.165, 1.54) is 35.1 Å². The van der Waals surface area contributed by atoms with Crippen LogP contribution in [0.2, 0.25) is 0 Å². The van der Waals surface area contributed by atoms with Crippen molar-refractivity contribution in [2.45, 2.75) is 45.8 Å². The van der Waals surface area contributed by atoms with Crippen LogP contribution in [0.4, 0.5) is 0 Å². The van der Waals surface area contributed by atoms with Crippen LogP contribution in [-0.4, -0.2) is 23.4 Å². The monoisotopic (exact) mass is 322 g/mol. The Labute approximate surface area is 144 Å². The molecule has 0 heterocycles. The lowest BCUT2D eigenvalue weighted by Gasteiger charge is -2.22. The van der Waals surface area contributed by atoms with Crippen molar-refractivity contribution in [2.24, 2.45) is 0 Å². The maximum Gasteiger partial charge on any atom is 0.234 e. The van der Waals surface area contributed by atoms with Crippen molar-refractivity contribution in [3.05, 3.63) is 70.8 Å². The lowest BCUT2D eigenvalue weighted by molar-refractivity contribution is -0.122. The lowest BCUT2D eigenvalue weighted by Crippen LogP contribution is -2.38. The van der Waals surface area contributed by atoms with Gasteiger partial charge in [-0.05, 0) is 43.4 Å². The van der Waals surface area contributed by atoms with Crippen LogP contribution in [0.5, 0.6) is 0 Å². The number of hydrogen-bond donors (Lipinski definition) is 1. The highest BCUT2D eigenvalue weighted by atomic mass is 16.2. The van der Waals surface area contributed by atoms with Crippen LogP contribution in [0, 0.1) is 13.8 Å². The summed E-state index contributed by atoms with van der Waals surface area (Å²) >= 11 is 0. The summed E-state index contributed by atoms with van der Waals surface area (Å²) in [6.07, 6.45) is 2.41. The van der Waals surface area contributed by atoms with Crippen molar-refractivity contribution in [1.29, 1.82) is 0 Å². The molecule has 1 amide bonds. The average molecular weight is 322 g/mol.